The topological polar surface area (TPSA) is 67.4 Å². The zero-order chi connectivity index (χ0) is 24.1. The summed E-state index contributed by atoms with van der Waals surface area (Å²) in [6, 6.07) is 21.5. The van der Waals surface area contributed by atoms with Crippen LogP contribution in [0.2, 0.25) is 0 Å². The molecule has 0 spiro atoms. The van der Waals surface area contributed by atoms with Crippen LogP contribution in [0.3, 0.4) is 0 Å². The van der Waals surface area contributed by atoms with Gasteiger partial charge in [0.05, 0.1) is 13.0 Å². The van der Waals surface area contributed by atoms with Gasteiger partial charge in [0, 0.05) is 15.4 Å². The summed E-state index contributed by atoms with van der Waals surface area (Å²) in [6.45, 7) is 2.01. The Morgan fingerprint density at radius 1 is 1.03 bits per heavy atom. The van der Waals surface area contributed by atoms with Gasteiger partial charge in [-0.25, -0.2) is 4.79 Å². The molecule has 3 aromatic carbocycles. The Hall–Kier alpha value is -3.07. The Morgan fingerprint density at radius 2 is 1.76 bits per heavy atom. The van der Waals surface area contributed by atoms with Gasteiger partial charge >= 0.3 is 5.97 Å². The fourth-order valence-corrected chi connectivity index (χ4v) is 5.13. The van der Waals surface area contributed by atoms with E-state index in [4.69, 9.17) is 17.0 Å². The molecular formula is C26H21BrN2O3S2. The molecule has 34 heavy (non-hydrogen) atoms. The second kappa shape index (κ2) is 10.9. The number of carbonyl (C=O) groups is 2. The number of hydrogen-bond donors (Lipinski definition) is 2. The Morgan fingerprint density at radius 3 is 2.53 bits per heavy atom. The van der Waals surface area contributed by atoms with E-state index < -0.39 is 5.97 Å². The SMILES string of the molecule is CCOC(=O)c1c(-c2ccc(Br)cc2)csc1NC(=S)NC(=O)Cc1cccc2ccccc12. The van der Waals surface area contributed by atoms with Crippen LogP contribution >= 0.6 is 39.5 Å². The first-order valence-corrected chi connectivity index (χ1v) is 12.7. The molecule has 0 saturated heterocycles. The summed E-state index contributed by atoms with van der Waals surface area (Å²) < 4.78 is 6.23. The van der Waals surface area contributed by atoms with Crippen molar-refractivity contribution in [1.29, 1.82) is 0 Å². The first kappa shape index (κ1) is 24.1. The quantitative estimate of drug-likeness (QED) is 0.209. The van der Waals surface area contributed by atoms with Gasteiger partial charge in [0.2, 0.25) is 5.91 Å². The number of thiocarbonyl (C=S) groups is 1. The summed E-state index contributed by atoms with van der Waals surface area (Å²) >= 11 is 10.1. The van der Waals surface area contributed by atoms with Crippen molar-refractivity contribution in [2.24, 2.45) is 0 Å². The maximum atomic E-state index is 12.8. The summed E-state index contributed by atoms with van der Waals surface area (Å²) in [6.07, 6.45) is 0.183. The monoisotopic (exact) mass is 552 g/mol. The van der Waals surface area contributed by atoms with Crippen molar-refractivity contribution in [3.8, 4) is 11.1 Å². The largest absolute Gasteiger partial charge is 0.462 e. The van der Waals surface area contributed by atoms with Crippen molar-refractivity contribution in [3.05, 3.63) is 87.7 Å². The lowest BCUT2D eigenvalue weighted by Gasteiger charge is -2.12. The number of carbonyl (C=O) groups excluding carboxylic acids is 2. The molecule has 0 radical (unpaired) electrons. The number of halogens is 1. The highest BCUT2D eigenvalue weighted by atomic mass is 79.9. The summed E-state index contributed by atoms with van der Waals surface area (Å²) in [5, 5.41) is 10.4. The lowest BCUT2D eigenvalue weighted by atomic mass is 10.0. The third-order valence-corrected chi connectivity index (χ3v) is 6.76. The van der Waals surface area contributed by atoms with Crippen LogP contribution in [-0.2, 0) is 16.0 Å². The number of hydrogen-bond acceptors (Lipinski definition) is 5. The zero-order valence-corrected chi connectivity index (χ0v) is 21.5. The number of rotatable bonds is 6. The summed E-state index contributed by atoms with van der Waals surface area (Å²) in [7, 11) is 0. The Labute approximate surface area is 215 Å². The van der Waals surface area contributed by atoms with Crippen LogP contribution in [0.15, 0.2) is 76.6 Å². The number of anilines is 1. The normalized spacial score (nSPS) is 10.6. The Bertz CT molecular complexity index is 1360. The number of nitrogens with one attached hydrogen (secondary N) is 2. The molecule has 8 heteroatoms. The smallest absolute Gasteiger partial charge is 0.341 e. The third-order valence-electron chi connectivity index (χ3n) is 5.14. The summed E-state index contributed by atoms with van der Waals surface area (Å²) in [4.78, 5) is 25.5. The predicted octanol–water partition coefficient (Wildman–Crippen LogP) is 6.56. The first-order chi connectivity index (χ1) is 16.5. The van der Waals surface area contributed by atoms with Gasteiger partial charge < -0.3 is 15.4 Å². The van der Waals surface area contributed by atoms with Crippen LogP contribution in [0.5, 0.6) is 0 Å². The van der Waals surface area contributed by atoms with Gasteiger partial charge in [0.1, 0.15) is 10.6 Å². The number of amides is 1. The molecule has 0 aliphatic heterocycles. The molecule has 4 aromatic rings. The molecule has 5 nitrogen and oxygen atoms in total. The van der Waals surface area contributed by atoms with Crippen LogP contribution in [0.4, 0.5) is 5.00 Å². The van der Waals surface area contributed by atoms with Gasteiger partial charge in [-0.15, -0.1) is 11.3 Å². The molecule has 1 heterocycles. The van der Waals surface area contributed by atoms with Gasteiger partial charge in [-0.05, 0) is 53.2 Å². The van der Waals surface area contributed by atoms with E-state index in [0.29, 0.717) is 10.6 Å². The van der Waals surface area contributed by atoms with E-state index in [1.54, 1.807) is 6.92 Å². The standard InChI is InChI=1S/C26H21BrN2O3S2/c1-2-32-25(31)23-21(17-10-12-19(27)13-11-17)15-34-24(23)29-26(33)28-22(30)14-18-8-5-7-16-6-3-4-9-20(16)18/h3-13,15H,2,14H2,1H3,(H2,28,29,30,33). The van der Waals surface area contributed by atoms with Crippen LogP contribution in [0.1, 0.15) is 22.8 Å². The van der Waals surface area contributed by atoms with Crippen LogP contribution in [-0.4, -0.2) is 23.6 Å². The van der Waals surface area contributed by atoms with Crippen LogP contribution in [0, 0.1) is 0 Å². The average Bonchev–Trinajstić information content (AvgIpc) is 3.23. The lowest BCUT2D eigenvalue weighted by molar-refractivity contribution is -0.119. The van der Waals surface area contributed by atoms with Gasteiger partial charge in [0.25, 0.3) is 0 Å². The first-order valence-electron chi connectivity index (χ1n) is 10.6. The zero-order valence-electron chi connectivity index (χ0n) is 18.3. The van der Waals surface area contributed by atoms with Gasteiger partial charge in [-0.2, -0.15) is 0 Å². The number of thiophene rings is 1. The molecule has 2 N–H and O–H groups in total. The summed E-state index contributed by atoms with van der Waals surface area (Å²) in [5.74, 6) is -0.690. The molecule has 0 saturated carbocycles. The van der Waals surface area contributed by atoms with Crippen molar-refractivity contribution in [1.82, 2.24) is 5.32 Å². The minimum absolute atomic E-state index is 0.125. The second-order valence-electron chi connectivity index (χ2n) is 7.40. The third kappa shape index (κ3) is 5.52. The number of ether oxygens (including phenoxy) is 1. The van der Waals surface area contributed by atoms with E-state index in [1.165, 1.54) is 11.3 Å². The average molecular weight is 554 g/mol. The van der Waals surface area contributed by atoms with E-state index in [9.17, 15) is 9.59 Å². The lowest BCUT2D eigenvalue weighted by Crippen LogP contribution is -2.35. The van der Waals surface area contributed by atoms with Crippen LogP contribution < -0.4 is 10.6 Å². The molecule has 1 aromatic heterocycles. The van der Waals surface area contributed by atoms with E-state index >= 15 is 0 Å². The molecule has 4 rings (SSSR count). The molecule has 0 bridgehead atoms. The molecule has 0 atom stereocenters. The van der Waals surface area contributed by atoms with Crippen molar-refractivity contribution in [2.75, 3.05) is 11.9 Å². The van der Waals surface area contributed by atoms with E-state index in [1.807, 2.05) is 72.1 Å². The van der Waals surface area contributed by atoms with Gasteiger partial charge in [0.15, 0.2) is 5.11 Å². The van der Waals surface area contributed by atoms with Crippen molar-refractivity contribution in [2.45, 2.75) is 13.3 Å². The maximum absolute atomic E-state index is 12.8. The fourth-order valence-electron chi connectivity index (χ4n) is 3.62. The van der Waals surface area contributed by atoms with E-state index in [0.717, 1.165) is 31.9 Å². The van der Waals surface area contributed by atoms with E-state index in [-0.39, 0.29) is 24.0 Å². The highest BCUT2D eigenvalue weighted by molar-refractivity contribution is 9.10. The van der Waals surface area contributed by atoms with Gasteiger partial charge in [-0.3, -0.25) is 4.79 Å². The summed E-state index contributed by atoms with van der Waals surface area (Å²) in [5.41, 5.74) is 2.92. The minimum atomic E-state index is -0.450. The number of fused-ring (bicyclic) bond motifs is 1. The minimum Gasteiger partial charge on any atom is -0.462 e. The Balaban J connectivity index is 1.51. The Kier molecular flexibility index (Phi) is 7.72. The maximum Gasteiger partial charge on any atom is 0.341 e. The molecule has 0 aliphatic rings. The molecule has 1 amide bonds. The molecular weight excluding hydrogens is 532 g/mol. The number of esters is 1. The number of benzene rings is 3. The molecule has 0 unspecified atom stereocenters. The predicted molar refractivity (Wildman–Crippen MR) is 145 cm³/mol. The molecule has 172 valence electrons. The second-order valence-corrected chi connectivity index (χ2v) is 9.60. The fraction of sp³-hybridized carbons (Fsp3) is 0.115. The molecule has 0 aliphatic carbocycles. The van der Waals surface area contributed by atoms with Crippen LogP contribution in [0.25, 0.3) is 21.9 Å². The van der Waals surface area contributed by atoms with E-state index in [2.05, 4.69) is 26.6 Å². The van der Waals surface area contributed by atoms with Gasteiger partial charge in [-0.1, -0.05) is 70.5 Å². The highest BCUT2D eigenvalue weighted by Gasteiger charge is 2.22. The highest BCUT2D eigenvalue weighted by Crippen LogP contribution is 2.36. The molecule has 0 fully saturated rings. The van der Waals surface area contributed by atoms with Crippen molar-refractivity contribution in [3.63, 3.8) is 0 Å². The van der Waals surface area contributed by atoms with Crippen molar-refractivity contribution >= 4 is 72.2 Å². The van der Waals surface area contributed by atoms with Crippen molar-refractivity contribution < 1.29 is 14.3 Å².